The van der Waals surface area contributed by atoms with E-state index < -0.39 is 0 Å². The highest BCUT2D eigenvalue weighted by molar-refractivity contribution is 5.01. The van der Waals surface area contributed by atoms with Crippen LogP contribution in [-0.2, 0) is 0 Å². The molecule has 2 rings (SSSR count). The van der Waals surface area contributed by atoms with Gasteiger partial charge in [-0.25, -0.2) is 0 Å². The van der Waals surface area contributed by atoms with Crippen molar-refractivity contribution in [2.24, 2.45) is 5.92 Å². The van der Waals surface area contributed by atoms with Crippen LogP contribution >= 0.6 is 0 Å². The number of likely N-dealkylation sites (tertiary alicyclic amines) is 1. The first kappa shape index (κ1) is 9.47. The summed E-state index contributed by atoms with van der Waals surface area (Å²) in [4.78, 5) is 2.66. The predicted molar refractivity (Wildman–Crippen MR) is 53.6 cm³/mol. The van der Waals surface area contributed by atoms with Gasteiger partial charge in [0.15, 0.2) is 0 Å². The summed E-state index contributed by atoms with van der Waals surface area (Å²) in [6, 6.07) is 0.874. The molecular weight excluding hydrogens is 162 g/mol. The molecule has 2 nitrogen and oxygen atoms in total. The zero-order valence-corrected chi connectivity index (χ0v) is 8.79. The van der Waals surface area contributed by atoms with Gasteiger partial charge in [-0.2, -0.15) is 0 Å². The Balaban J connectivity index is 2.01. The van der Waals surface area contributed by atoms with E-state index in [1.54, 1.807) is 0 Å². The number of aliphatic hydroxyl groups excluding tert-OH is 1. The van der Waals surface area contributed by atoms with Crippen molar-refractivity contribution in [2.45, 2.75) is 51.1 Å². The summed E-state index contributed by atoms with van der Waals surface area (Å²) in [7, 11) is 0. The van der Waals surface area contributed by atoms with Crippen molar-refractivity contribution in [3.63, 3.8) is 0 Å². The standard InChI is InChI=1S/C11H21NO/c1-11(2)9(6-8-13)5-7-12(11)10-3-4-10/h9-10,13H,3-8H2,1-2H3. The van der Waals surface area contributed by atoms with Crippen molar-refractivity contribution in [3.05, 3.63) is 0 Å². The molecule has 1 saturated carbocycles. The smallest absolute Gasteiger partial charge is 0.0434 e. The zero-order valence-electron chi connectivity index (χ0n) is 8.79. The van der Waals surface area contributed by atoms with Gasteiger partial charge in [0.25, 0.3) is 0 Å². The van der Waals surface area contributed by atoms with Gasteiger partial charge in [-0.15, -0.1) is 0 Å². The molecule has 2 fully saturated rings. The first-order valence-electron chi connectivity index (χ1n) is 5.54. The van der Waals surface area contributed by atoms with Gasteiger partial charge in [0.2, 0.25) is 0 Å². The minimum atomic E-state index is 0.337. The summed E-state index contributed by atoms with van der Waals surface area (Å²) in [5, 5.41) is 8.98. The van der Waals surface area contributed by atoms with E-state index in [9.17, 15) is 0 Å². The number of hydrogen-bond donors (Lipinski definition) is 1. The fraction of sp³-hybridized carbons (Fsp3) is 1.00. The quantitative estimate of drug-likeness (QED) is 0.719. The summed E-state index contributed by atoms with van der Waals surface area (Å²) in [5.41, 5.74) is 0.337. The Hall–Kier alpha value is -0.0800. The molecule has 1 saturated heterocycles. The van der Waals surface area contributed by atoms with E-state index in [0.717, 1.165) is 12.5 Å². The molecule has 1 aliphatic carbocycles. The van der Waals surface area contributed by atoms with Gasteiger partial charge in [0.1, 0.15) is 0 Å². The second-order valence-electron chi connectivity index (χ2n) is 5.08. The molecule has 13 heavy (non-hydrogen) atoms. The minimum Gasteiger partial charge on any atom is -0.396 e. The summed E-state index contributed by atoms with van der Waals surface area (Å²) in [6.45, 7) is 6.30. The Morgan fingerprint density at radius 2 is 2.00 bits per heavy atom. The fourth-order valence-corrected chi connectivity index (χ4v) is 2.86. The molecule has 1 heterocycles. The maximum Gasteiger partial charge on any atom is 0.0434 e. The molecule has 0 spiro atoms. The highest BCUT2D eigenvalue weighted by Gasteiger charge is 2.46. The Morgan fingerprint density at radius 3 is 2.54 bits per heavy atom. The van der Waals surface area contributed by atoms with Gasteiger partial charge in [-0.3, -0.25) is 4.90 Å². The van der Waals surface area contributed by atoms with Crippen LogP contribution in [0.4, 0.5) is 0 Å². The first-order chi connectivity index (χ1) is 6.16. The summed E-state index contributed by atoms with van der Waals surface area (Å²) in [5.74, 6) is 0.707. The number of rotatable bonds is 3. The number of nitrogens with zero attached hydrogens (tertiary/aromatic N) is 1. The number of aliphatic hydroxyl groups is 1. The van der Waals surface area contributed by atoms with Crippen LogP contribution in [0.25, 0.3) is 0 Å². The number of hydrogen-bond acceptors (Lipinski definition) is 2. The normalized spacial score (nSPS) is 33.9. The van der Waals surface area contributed by atoms with Crippen molar-refractivity contribution >= 4 is 0 Å². The van der Waals surface area contributed by atoms with Crippen LogP contribution in [0.1, 0.15) is 39.5 Å². The van der Waals surface area contributed by atoms with Crippen LogP contribution in [0.2, 0.25) is 0 Å². The molecule has 0 aromatic rings. The van der Waals surface area contributed by atoms with Gasteiger partial charge in [-0.1, -0.05) is 0 Å². The van der Waals surface area contributed by atoms with Crippen molar-refractivity contribution in [1.82, 2.24) is 4.90 Å². The van der Waals surface area contributed by atoms with Gasteiger partial charge < -0.3 is 5.11 Å². The fourth-order valence-electron chi connectivity index (χ4n) is 2.86. The molecule has 1 N–H and O–H groups in total. The Bertz CT molecular complexity index is 187. The van der Waals surface area contributed by atoms with Gasteiger partial charge in [0.05, 0.1) is 0 Å². The van der Waals surface area contributed by atoms with Crippen LogP contribution in [0.15, 0.2) is 0 Å². The van der Waals surface area contributed by atoms with E-state index in [1.165, 1.54) is 25.8 Å². The SMILES string of the molecule is CC1(C)C(CCO)CCN1C1CC1. The lowest BCUT2D eigenvalue weighted by atomic mass is 9.86. The molecule has 0 bridgehead atoms. The highest BCUT2D eigenvalue weighted by atomic mass is 16.3. The van der Waals surface area contributed by atoms with Gasteiger partial charge >= 0.3 is 0 Å². The van der Waals surface area contributed by atoms with Crippen molar-refractivity contribution in [3.8, 4) is 0 Å². The molecule has 1 aliphatic heterocycles. The van der Waals surface area contributed by atoms with Gasteiger partial charge in [0, 0.05) is 18.2 Å². The average Bonchev–Trinajstić information content (AvgIpc) is 2.82. The summed E-state index contributed by atoms with van der Waals surface area (Å²) < 4.78 is 0. The van der Waals surface area contributed by atoms with E-state index in [1.807, 2.05) is 0 Å². The molecule has 0 amide bonds. The predicted octanol–water partition coefficient (Wildman–Crippen LogP) is 1.63. The maximum atomic E-state index is 8.98. The summed E-state index contributed by atoms with van der Waals surface area (Å²) in [6.07, 6.45) is 5.06. The molecule has 1 atom stereocenters. The Morgan fingerprint density at radius 1 is 1.31 bits per heavy atom. The van der Waals surface area contributed by atoms with E-state index >= 15 is 0 Å². The monoisotopic (exact) mass is 183 g/mol. The van der Waals surface area contributed by atoms with Crippen molar-refractivity contribution in [1.29, 1.82) is 0 Å². The third-order valence-electron chi connectivity index (χ3n) is 3.92. The lowest BCUT2D eigenvalue weighted by Gasteiger charge is -2.36. The second kappa shape index (κ2) is 3.25. The zero-order chi connectivity index (χ0) is 9.47. The lowest BCUT2D eigenvalue weighted by molar-refractivity contribution is 0.114. The molecule has 76 valence electrons. The van der Waals surface area contributed by atoms with Crippen molar-refractivity contribution in [2.75, 3.05) is 13.2 Å². The van der Waals surface area contributed by atoms with Crippen LogP contribution in [0.3, 0.4) is 0 Å². The topological polar surface area (TPSA) is 23.5 Å². The third kappa shape index (κ3) is 1.62. The molecule has 2 aliphatic rings. The van der Waals surface area contributed by atoms with E-state index in [2.05, 4.69) is 18.7 Å². The largest absolute Gasteiger partial charge is 0.396 e. The molecular formula is C11H21NO. The van der Waals surface area contributed by atoms with Crippen LogP contribution < -0.4 is 0 Å². The van der Waals surface area contributed by atoms with Gasteiger partial charge in [-0.05, 0) is 52.0 Å². The highest BCUT2D eigenvalue weighted by Crippen LogP contribution is 2.43. The molecule has 0 aromatic heterocycles. The van der Waals surface area contributed by atoms with E-state index in [-0.39, 0.29) is 0 Å². The lowest BCUT2D eigenvalue weighted by Crippen LogP contribution is -2.43. The molecule has 1 unspecified atom stereocenters. The van der Waals surface area contributed by atoms with Crippen LogP contribution in [0, 0.1) is 5.92 Å². The Kier molecular flexibility index (Phi) is 2.37. The molecule has 0 aromatic carbocycles. The molecule has 0 radical (unpaired) electrons. The first-order valence-corrected chi connectivity index (χ1v) is 5.54. The average molecular weight is 183 g/mol. The maximum absolute atomic E-state index is 8.98. The minimum absolute atomic E-state index is 0.337. The van der Waals surface area contributed by atoms with Crippen LogP contribution in [-0.4, -0.2) is 34.7 Å². The van der Waals surface area contributed by atoms with E-state index in [4.69, 9.17) is 5.11 Å². The Labute approximate surface area is 80.9 Å². The third-order valence-corrected chi connectivity index (χ3v) is 3.92. The van der Waals surface area contributed by atoms with Crippen molar-refractivity contribution < 1.29 is 5.11 Å². The van der Waals surface area contributed by atoms with E-state index in [0.29, 0.717) is 18.1 Å². The molecule has 2 heteroatoms. The van der Waals surface area contributed by atoms with Crippen LogP contribution in [0.5, 0.6) is 0 Å². The second-order valence-corrected chi connectivity index (χ2v) is 5.08. The summed E-state index contributed by atoms with van der Waals surface area (Å²) >= 11 is 0.